The predicted molar refractivity (Wildman–Crippen MR) is 70.4 cm³/mol. The standard InChI is InChI=1S/C14H24N2/c1-3-16(11-7-6-10-15)12-14-9-5-4-8-13(14)2/h4-5,8-9H,3,6-7,10-12,15H2,1-2H3. The number of hydrogen-bond donors (Lipinski definition) is 1. The van der Waals surface area contributed by atoms with Crippen molar-refractivity contribution in [2.24, 2.45) is 5.73 Å². The van der Waals surface area contributed by atoms with Crippen LogP contribution < -0.4 is 5.73 Å². The van der Waals surface area contributed by atoms with Gasteiger partial charge in [0.25, 0.3) is 0 Å². The van der Waals surface area contributed by atoms with Crippen molar-refractivity contribution in [2.75, 3.05) is 19.6 Å². The summed E-state index contributed by atoms with van der Waals surface area (Å²) in [4.78, 5) is 2.48. The molecule has 2 N–H and O–H groups in total. The second-order valence-electron chi connectivity index (χ2n) is 4.29. The largest absolute Gasteiger partial charge is 0.330 e. The molecule has 0 aliphatic carbocycles. The summed E-state index contributed by atoms with van der Waals surface area (Å²) < 4.78 is 0. The highest BCUT2D eigenvalue weighted by Crippen LogP contribution is 2.10. The molecule has 90 valence electrons. The van der Waals surface area contributed by atoms with Gasteiger partial charge in [-0.05, 0) is 50.5 Å². The summed E-state index contributed by atoms with van der Waals surface area (Å²) in [5.74, 6) is 0. The third kappa shape index (κ3) is 4.33. The van der Waals surface area contributed by atoms with Gasteiger partial charge in [-0.2, -0.15) is 0 Å². The van der Waals surface area contributed by atoms with Gasteiger partial charge in [0.2, 0.25) is 0 Å². The normalized spacial score (nSPS) is 11.0. The molecule has 2 heteroatoms. The minimum Gasteiger partial charge on any atom is -0.330 e. The fourth-order valence-electron chi connectivity index (χ4n) is 1.86. The molecule has 0 saturated heterocycles. The lowest BCUT2D eigenvalue weighted by Gasteiger charge is -2.21. The Bertz CT molecular complexity index is 297. The third-order valence-electron chi connectivity index (χ3n) is 3.03. The van der Waals surface area contributed by atoms with Crippen LogP contribution in [0.25, 0.3) is 0 Å². The van der Waals surface area contributed by atoms with Crippen LogP contribution in [0.2, 0.25) is 0 Å². The molecule has 0 spiro atoms. The minimum atomic E-state index is 0.807. The van der Waals surface area contributed by atoms with E-state index in [1.54, 1.807) is 0 Å². The molecule has 0 atom stereocenters. The smallest absolute Gasteiger partial charge is 0.0236 e. The first-order valence-corrected chi connectivity index (χ1v) is 6.24. The lowest BCUT2D eigenvalue weighted by molar-refractivity contribution is 0.274. The minimum absolute atomic E-state index is 0.807. The van der Waals surface area contributed by atoms with Gasteiger partial charge in [0.15, 0.2) is 0 Å². The first kappa shape index (κ1) is 13.2. The van der Waals surface area contributed by atoms with Crippen molar-refractivity contribution >= 4 is 0 Å². The molecule has 0 fully saturated rings. The van der Waals surface area contributed by atoms with Crippen LogP contribution in [0.15, 0.2) is 24.3 Å². The van der Waals surface area contributed by atoms with Gasteiger partial charge in [0, 0.05) is 6.54 Å². The zero-order chi connectivity index (χ0) is 11.8. The van der Waals surface area contributed by atoms with Crippen LogP contribution in [0.1, 0.15) is 30.9 Å². The molecule has 1 aromatic rings. The summed E-state index contributed by atoms with van der Waals surface area (Å²) in [5.41, 5.74) is 8.34. The average molecular weight is 220 g/mol. The molecule has 0 saturated carbocycles. The fraction of sp³-hybridized carbons (Fsp3) is 0.571. The van der Waals surface area contributed by atoms with Gasteiger partial charge in [-0.1, -0.05) is 31.2 Å². The van der Waals surface area contributed by atoms with Crippen LogP contribution in [0.3, 0.4) is 0 Å². The topological polar surface area (TPSA) is 29.3 Å². The average Bonchev–Trinajstić information content (AvgIpc) is 2.30. The maximum atomic E-state index is 5.51. The van der Waals surface area contributed by atoms with Gasteiger partial charge in [0.05, 0.1) is 0 Å². The number of nitrogens with two attached hydrogens (primary N) is 1. The summed E-state index contributed by atoms with van der Waals surface area (Å²) in [6, 6.07) is 8.63. The van der Waals surface area contributed by atoms with E-state index in [4.69, 9.17) is 5.73 Å². The van der Waals surface area contributed by atoms with Crippen molar-refractivity contribution in [1.29, 1.82) is 0 Å². The summed E-state index contributed by atoms with van der Waals surface area (Å²) in [7, 11) is 0. The molecule has 0 radical (unpaired) electrons. The molecule has 0 aromatic heterocycles. The van der Waals surface area contributed by atoms with E-state index in [2.05, 4.69) is 43.0 Å². The van der Waals surface area contributed by atoms with E-state index in [-0.39, 0.29) is 0 Å². The number of unbranched alkanes of at least 4 members (excludes halogenated alkanes) is 1. The van der Waals surface area contributed by atoms with Crippen LogP contribution in [0.5, 0.6) is 0 Å². The van der Waals surface area contributed by atoms with Crippen LogP contribution >= 0.6 is 0 Å². The Hall–Kier alpha value is -0.860. The Morgan fingerprint density at radius 3 is 2.56 bits per heavy atom. The first-order chi connectivity index (χ1) is 7.77. The SMILES string of the molecule is CCN(CCCCN)Cc1ccccc1C. The van der Waals surface area contributed by atoms with Crippen molar-refractivity contribution < 1.29 is 0 Å². The number of nitrogens with zero attached hydrogens (tertiary/aromatic N) is 1. The summed E-state index contributed by atoms with van der Waals surface area (Å²) in [6.07, 6.45) is 2.33. The number of rotatable bonds is 7. The molecular formula is C14H24N2. The van der Waals surface area contributed by atoms with E-state index in [0.717, 1.165) is 32.6 Å². The monoisotopic (exact) mass is 220 g/mol. The molecule has 1 rings (SSSR count). The maximum absolute atomic E-state index is 5.51. The molecule has 0 amide bonds. The van der Waals surface area contributed by atoms with Crippen molar-refractivity contribution in [3.8, 4) is 0 Å². The van der Waals surface area contributed by atoms with Crippen molar-refractivity contribution in [3.05, 3.63) is 35.4 Å². The number of benzene rings is 1. The van der Waals surface area contributed by atoms with E-state index in [1.165, 1.54) is 17.5 Å². The van der Waals surface area contributed by atoms with Crippen molar-refractivity contribution in [3.63, 3.8) is 0 Å². The second-order valence-corrected chi connectivity index (χ2v) is 4.29. The number of aryl methyl sites for hydroxylation is 1. The van der Waals surface area contributed by atoms with E-state index in [1.807, 2.05) is 0 Å². The highest BCUT2D eigenvalue weighted by Gasteiger charge is 2.04. The van der Waals surface area contributed by atoms with Crippen molar-refractivity contribution in [2.45, 2.75) is 33.2 Å². The van der Waals surface area contributed by atoms with E-state index >= 15 is 0 Å². The van der Waals surface area contributed by atoms with Crippen LogP contribution in [0.4, 0.5) is 0 Å². The predicted octanol–water partition coefficient (Wildman–Crippen LogP) is 2.56. The molecule has 2 nitrogen and oxygen atoms in total. The van der Waals surface area contributed by atoms with Crippen LogP contribution in [-0.4, -0.2) is 24.5 Å². The first-order valence-electron chi connectivity index (χ1n) is 6.24. The van der Waals surface area contributed by atoms with Crippen molar-refractivity contribution in [1.82, 2.24) is 4.90 Å². The van der Waals surface area contributed by atoms with Gasteiger partial charge < -0.3 is 5.73 Å². The Morgan fingerprint density at radius 2 is 1.94 bits per heavy atom. The van der Waals surface area contributed by atoms with Crippen LogP contribution in [-0.2, 0) is 6.54 Å². The molecule has 0 aliphatic heterocycles. The molecule has 0 unspecified atom stereocenters. The Morgan fingerprint density at radius 1 is 1.19 bits per heavy atom. The van der Waals surface area contributed by atoms with Gasteiger partial charge in [0.1, 0.15) is 0 Å². The van der Waals surface area contributed by atoms with E-state index in [9.17, 15) is 0 Å². The Balaban J connectivity index is 2.46. The molecule has 0 bridgehead atoms. The zero-order valence-corrected chi connectivity index (χ0v) is 10.6. The fourth-order valence-corrected chi connectivity index (χ4v) is 1.86. The molecule has 16 heavy (non-hydrogen) atoms. The van der Waals surface area contributed by atoms with Gasteiger partial charge in [-0.25, -0.2) is 0 Å². The van der Waals surface area contributed by atoms with E-state index < -0.39 is 0 Å². The summed E-state index contributed by atoms with van der Waals surface area (Å²) >= 11 is 0. The zero-order valence-electron chi connectivity index (χ0n) is 10.6. The Labute approximate surface area is 99.5 Å². The van der Waals surface area contributed by atoms with Gasteiger partial charge in [-0.15, -0.1) is 0 Å². The highest BCUT2D eigenvalue weighted by molar-refractivity contribution is 5.25. The quantitative estimate of drug-likeness (QED) is 0.716. The maximum Gasteiger partial charge on any atom is 0.0236 e. The molecule has 1 aromatic carbocycles. The molecule has 0 heterocycles. The highest BCUT2D eigenvalue weighted by atomic mass is 15.1. The Kier molecular flexibility index (Phi) is 6.12. The molecule has 0 aliphatic rings. The van der Waals surface area contributed by atoms with Crippen LogP contribution in [0, 0.1) is 6.92 Å². The summed E-state index contributed by atoms with van der Waals surface area (Å²) in [5, 5.41) is 0. The summed E-state index contributed by atoms with van der Waals surface area (Å²) in [6.45, 7) is 8.54. The lowest BCUT2D eigenvalue weighted by Crippen LogP contribution is -2.24. The molecular weight excluding hydrogens is 196 g/mol. The van der Waals surface area contributed by atoms with Gasteiger partial charge in [-0.3, -0.25) is 4.90 Å². The van der Waals surface area contributed by atoms with Gasteiger partial charge >= 0.3 is 0 Å². The second kappa shape index (κ2) is 7.42. The third-order valence-corrected chi connectivity index (χ3v) is 3.03. The number of hydrogen-bond acceptors (Lipinski definition) is 2. The van der Waals surface area contributed by atoms with E-state index in [0.29, 0.717) is 0 Å². The lowest BCUT2D eigenvalue weighted by atomic mass is 10.1.